The molecule has 1 saturated carbocycles. The predicted octanol–water partition coefficient (Wildman–Crippen LogP) is 2.89. The lowest BCUT2D eigenvalue weighted by Crippen LogP contribution is -2.33. The molecule has 1 aliphatic carbocycles. The molecule has 0 unspecified atom stereocenters. The molecule has 1 amide bonds. The van der Waals surface area contributed by atoms with Crippen LogP contribution < -0.4 is 21.3 Å². The first kappa shape index (κ1) is 22.5. The third-order valence-electron chi connectivity index (χ3n) is 5.99. The Morgan fingerprint density at radius 1 is 1.17 bits per heavy atom. The van der Waals surface area contributed by atoms with Gasteiger partial charge in [-0.3, -0.25) is 24.1 Å². The number of benzene rings is 1. The van der Waals surface area contributed by atoms with Gasteiger partial charge in [0.05, 0.1) is 16.6 Å². The molecule has 5 rings (SSSR count). The number of aromatic nitrogens is 4. The highest BCUT2D eigenvalue weighted by Crippen LogP contribution is 2.39. The molecule has 1 fully saturated rings. The number of carbonyl (C=O) groups is 1. The van der Waals surface area contributed by atoms with Crippen molar-refractivity contribution in [3.63, 3.8) is 0 Å². The lowest BCUT2D eigenvalue weighted by molar-refractivity contribution is 0.0952. The number of aromatic amines is 1. The van der Waals surface area contributed by atoms with Gasteiger partial charge >= 0.3 is 5.69 Å². The van der Waals surface area contributed by atoms with Crippen LogP contribution in [0.25, 0.3) is 11.0 Å². The third kappa shape index (κ3) is 4.84. The fraction of sp³-hybridized carbons (Fsp3) is 0.269. The summed E-state index contributed by atoms with van der Waals surface area (Å²) in [4.78, 5) is 49.4. The van der Waals surface area contributed by atoms with Gasteiger partial charge in [0, 0.05) is 30.9 Å². The van der Waals surface area contributed by atoms with Crippen LogP contribution in [0.5, 0.6) is 5.75 Å². The second-order valence-electron chi connectivity index (χ2n) is 8.51. The highest BCUT2D eigenvalue weighted by Gasteiger charge is 2.28. The number of aryl methyl sites for hydroxylation is 1. The van der Waals surface area contributed by atoms with Crippen molar-refractivity contribution in [1.29, 1.82) is 0 Å². The highest BCUT2D eigenvalue weighted by molar-refractivity contribution is 6.05. The Morgan fingerprint density at radius 2 is 2.03 bits per heavy atom. The summed E-state index contributed by atoms with van der Waals surface area (Å²) >= 11 is 0. The van der Waals surface area contributed by atoms with Crippen LogP contribution in [0.4, 0.5) is 0 Å². The normalized spacial score (nSPS) is 13.1. The van der Waals surface area contributed by atoms with Crippen LogP contribution in [-0.4, -0.2) is 25.4 Å². The SMILES string of the molecule is CCn1c(=O)[nH]c(=O)c2c(C(=O)NCc3cccc(OCc4ccccn4)c3)cc(C3CC3)nc21. The van der Waals surface area contributed by atoms with Crippen molar-refractivity contribution in [1.82, 2.24) is 24.8 Å². The van der Waals surface area contributed by atoms with Crippen molar-refractivity contribution in [2.45, 2.75) is 45.4 Å². The average molecular weight is 472 g/mol. The lowest BCUT2D eigenvalue weighted by atomic mass is 10.1. The fourth-order valence-electron chi connectivity index (χ4n) is 4.02. The van der Waals surface area contributed by atoms with Gasteiger partial charge in [-0.2, -0.15) is 0 Å². The fourth-order valence-corrected chi connectivity index (χ4v) is 4.02. The molecule has 2 N–H and O–H groups in total. The zero-order chi connectivity index (χ0) is 24.4. The Bertz CT molecular complexity index is 1510. The van der Waals surface area contributed by atoms with Gasteiger partial charge in [0.25, 0.3) is 11.5 Å². The number of hydrogen-bond acceptors (Lipinski definition) is 6. The molecule has 35 heavy (non-hydrogen) atoms. The smallest absolute Gasteiger partial charge is 0.329 e. The molecule has 0 radical (unpaired) electrons. The van der Waals surface area contributed by atoms with Gasteiger partial charge in [0.1, 0.15) is 12.4 Å². The van der Waals surface area contributed by atoms with E-state index in [1.165, 1.54) is 4.57 Å². The van der Waals surface area contributed by atoms with E-state index in [2.05, 4.69) is 20.3 Å². The van der Waals surface area contributed by atoms with Crippen molar-refractivity contribution in [3.8, 4) is 5.75 Å². The zero-order valence-corrected chi connectivity index (χ0v) is 19.3. The zero-order valence-electron chi connectivity index (χ0n) is 19.3. The van der Waals surface area contributed by atoms with E-state index in [9.17, 15) is 14.4 Å². The van der Waals surface area contributed by atoms with Crippen molar-refractivity contribution >= 4 is 16.9 Å². The van der Waals surface area contributed by atoms with Gasteiger partial charge in [-0.15, -0.1) is 0 Å². The van der Waals surface area contributed by atoms with E-state index in [4.69, 9.17) is 4.74 Å². The molecule has 1 aromatic carbocycles. The number of pyridine rings is 2. The van der Waals surface area contributed by atoms with Crippen molar-refractivity contribution in [3.05, 3.63) is 98.1 Å². The molecule has 3 aromatic heterocycles. The maximum absolute atomic E-state index is 13.2. The van der Waals surface area contributed by atoms with E-state index >= 15 is 0 Å². The van der Waals surface area contributed by atoms with E-state index < -0.39 is 17.2 Å². The summed E-state index contributed by atoms with van der Waals surface area (Å²) in [6.07, 6.45) is 3.67. The Morgan fingerprint density at radius 3 is 2.77 bits per heavy atom. The Kier molecular flexibility index (Phi) is 6.13. The molecule has 1 aliphatic rings. The number of rotatable bonds is 8. The van der Waals surface area contributed by atoms with Crippen LogP contribution in [-0.2, 0) is 19.7 Å². The predicted molar refractivity (Wildman–Crippen MR) is 130 cm³/mol. The molecule has 3 heterocycles. The number of hydrogen-bond donors (Lipinski definition) is 2. The first-order valence-corrected chi connectivity index (χ1v) is 11.6. The van der Waals surface area contributed by atoms with Crippen LogP contribution in [0, 0.1) is 0 Å². The minimum atomic E-state index is -0.611. The molecule has 0 saturated heterocycles. The molecule has 4 aromatic rings. The van der Waals surface area contributed by atoms with Crippen molar-refractivity contribution < 1.29 is 9.53 Å². The van der Waals surface area contributed by atoms with Gasteiger partial charge in [0.15, 0.2) is 5.65 Å². The Hall–Kier alpha value is -4.27. The molecule has 0 aliphatic heterocycles. The van der Waals surface area contributed by atoms with Gasteiger partial charge in [-0.25, -0.2) is 9.78 Å². The summed E-state index contributed by atoms with van der Waals surface area (Å²) in [6, 6.07) is 14.8. The Labute approximate surface area is 200 Å². The van der Waals surface area contributed by atoms with E-state index in [1.54, 1.807) is 19.2 Å². The first-order chi connectivity index (χ1) is 17.0. The number of nitrogens with one attached hydrogen (secondary N) is 2. The number of ether oxygens (including phenoxy) is 1. The molecule has 0 bridgehead atoms. The Balaban J connectivity index is 1.38. The molecule has 0 atom stereocenters. The summed E-state index contributed by atoms with van der Waals surface area (Å²) in [7, 11) is 0. The van der Waals surface area contributed by atoms with Gasteiger partial charge in [-0.05, 0) is 55.7 Å². The first-order valence-electron chi connectivity index (χ1n) is 11.6. The topological polar surface area (TPSA) is 119 Å². The van der Waals surface area contributed by atoms with E-state index in [0.29, 0.717) is 18.9 Å². The van der Waals surface area contributed by atoms with E-state index in [-0.39, 0.29) is 29.1 Å². The lowest BCUT2D eigenvalue weighted by Gasteiger charge is -2.13. The van der Waals surface area contributed by atoms with Crippen molar-refractivity contribution in [2.24, 2.45) is 0 Å². The standard InChI is InChI=1S/C26H25N5O4/c1-2-31-23-22(25(33)30-26(31)34)20(13-21(29-23)17-9-10-17)24(32)28-14-16-6-5-8-19(12-16)35-15-18-7-3-4-11-27-18/h3-8,11-13,17H,2,9-10,14-15H2,1H3,(H,28,32)(H,30,33,34). The number of fused-ring (bicyclic) bond motifs is 1. The number of amides is 1. The molecule has 178 valence electrons. The summed E-state index contributed by atoms with van der Waals surface area (Å²) < 4.78 is 7.21. The second-order valence-corrected chi connectivity index (χ2v) is 8.51. The van der Waals surface area contributed by atoms with E-state index in [1.807, 2.05) is 42.5 Å². The monoisotopic (exact) mass is 471 g/mol. The third-order valence-corrected chi connectivity index (χ3v) is 5.99. The molecular weight excluding hydrogens is 446 g/mol. The van der Waals surface area contributed by atoms with Gasteiger partial charge in [-0.1, -0.05) is 18.2 Å². The summed E-state index contributed by atoms with van der Waals surface area (Å²) in [5.41, 5.74) is 1.73. The summed E-state index contributed by atoms with van der Waals surface area (Å²) in [5.74, 6) is 0.515. The number of nitrogens with zero attached hydrogens (tertiary/aromatic N) is 3. The molecule has 9 heteroatoms. The summed E-state index contributed by atoms with van der Waals surface area (Å²) in [5, 5.41) is 3.03. The van der Waals surface area contributed by atoms with Crippen LogP contribution in [0.1, 0.15) is 53.0 Å². The van der Waals surface area contributed by atoms with Crippen LogP contribution >= 0.6 is 0 Å². The maximum atomic E-state index is 13.2. The van der Waals surface area contributed by atoms with E-state index in [0.717, 1.165) is 29.8 Å². The van der Waals surface area contributed by atoms with Crippen LogP contribution in [0.2, 0.25) is 0 Å². The summed E-state index contributed by atoms with van der Waals surface area (Å²) in [6.45, 7) is 2.71. The average Bonchev–Trinajstić information content (AvgIpc) is 3.72. The van der Waals surface area contributed by atoms with Gasteiger partial charge < -0.3 is 10.1 Å². The number of H-pyrrole nitrogens is 1. The molecule has 9 nitrogen and oxygen atoms in total. The highest BCUT2D eigenvalue weighted by atomic mass is 16.5. The minimum Gasteiger partial charge on any atom is -0.487 e. The quantitative estimate of drug-likeness (QED) is 0.408. The largest absolute Gasteiger partial charge is 0.487 e. The minimum absolute atomic E-state index is 0.126. The molecular formula is C26H25N5O4. The maximum Gasteiger partial charge on any atom is 0.329 e. The van der Waals surface area contributed by atoms with Gasteiger partial charge in [0.2, 0.25) is 0 Å². The molecule has 0 spiro atoms. The second kappa shape index (κ2) is 9.54. The van der Waals surface area contributed by atoms with Crippen molar-refractivity contribution in [2.75, 3.05) is 0 Å². The van der Waals surface area contributed by atoms with Crippen LogP contribution in [0.15, 0.2) is 64.3 Å². The number of carbonyl (C=O) groups excluding carboxylic acids is 1. The van der Waals surface area contributed by atoms with Crippen LogP contribution in [0.3, 0.4) is 0 Å².